The van der Waals surface area contributed by atoms with Crippen LogP contribution in [0.2, 0.25) is 0 Å². The van der Waals surface area contributed by atoms with Crippen LogP contribution < -0.4 is 26.8 Å². The van der Waals surface area contributed by atoms with E-state index in [0.29, 0.717) is 55.1 Å². The first kappa shape index (κ1) is 28.5. The van der Waals surface area contributed by atoms with E-state index in [1.165, 1.54) is 22.0 Å². The topological polar surface area (TPSA) is 136 Å². The van der Waals surface area contributed by atoms with Gasteiger partial charge < -0.3 is 20.1 Å². The van der Waals surface area contributed by atoms with Crippen molar-refractivity contribution in [3.8, 4) is 11.8 Å². The maximum atomic E-state index is 13.8. The third-order valence-corrected chi connectivity index (χ3v) is 9.02. The predicted octanol–water partition coefficient (Wildman–Crippen LogP) is 1.10. The minimum Gasteiger partial charge on any atom is -0.341 e. The average Bonchev–Trinajstić information content (AvgIpc) is 3.77. The number of aryl methyl sites for hydroxylation is 1. The van der Waals surface area contributed by atoms with Gasteiger partial charge in [-0.15, -0.1) is 5.92 Å². The van der Waals surface area contributed by atoms with Gasteiger partial charge in [0.1, 0.15) is 0 Å². The van der Waals surface area contributed by atoms with Crippen LogP contribution in [0, 0.1) is 11.8 Å². The molecule has 13 nitrogen and oxygen atoms in total. The molecule has 2 N–H and O–H groups in total. The van der Waals surface area contributed by atoms with E-state index in [-0.39, 0.29) is 17.3 Å². The molecule has 0 amide bonds. The number of nitrogens with two attached hydrogens (primary N) is 1. The maximum absolute atomic E-state index is 13.8. The molecule has 0 spiro atoms. The fourth-order valence-corrected chi connectivity index (χ4v) is 6.62. The molecule has 0 aromatic carbocycles. The molecule has 0 radical (unpaired) electrons. The van der Waals surface area contributed by atoms with Gasteiger partial charge in [0.15, 0.2) is 17.0 Å². The Morgan fingerprint density at radius 3 is 2.48 bits per heavy atom. The number of rotatable bonds is 8. The fourth-order valence-electron chi connectivity index (χ4n) is 6.62. The predicted molar refractivity (Wildman–Crippen MR) is 161 cm³/mol. The lowest BCUT2D eigenvalue weighted by atomic mass is 10.1. The zero-order valence-corrected chi connectivity index (χ0v) is 24.8. The van der Waals surface area contributed by atoms with Gasteiger partial charge in [-0.2, -0.15) is 9.97 Å². The number of piperazine rings is 1. The lowest BCUT2D eigenvalue weighted by Gasteiger charge is -2.33. The maximum Gasteiger partial charge on any atom is 0.332 e. The molecule has 13 heteroatoms. The molecule has 2 aliphatic heterocycles. The molecule has 3 aromatic heterocycles. The third kappa shape index (κ3) is 5.57. The van der Waals surface area contributed by atoms with Crippen molar-refractivity contribution in [1.82, 2.24) is 33.7 Å². The van der Waals surface area contributed by atoms with E-state index in [0.717, 1.165) is 70.8 Å². The molecule has 226 valence electrons. The highest BCUT2D eigenvalue weighted by molar-refractivity contribution is 5.75. The van der Waals surface area contributed by atoms with Crippen molar-refractivity contribution in [1.29, 1.82) is 0 Å². The van der Waals surface area contributed by atoms with Crippen LogP contribution in [0.4, 0.5) is 12.0 Å². The summed E-state index contributed by atoms with van der Waals surface area (Å²) in [6.45, 7) is 8.02. The Bertz CT molecular complexity index is 1580. The summed E-state index contributed by atoms with van der Waals surface area (Å²) in [5.41, 5.74) is 6.39. The van der Waals surface area contributed by atoms with Crippen LogP contribution in [0.25, 0.3) is 11.2 Å². The van der Waals surface area contributed by atoms with E-state index in [2.05, 4.69) is 36.7 Å². The van der Waals surface area contributed by atoms with Gasteiger partial charge in [0.2, 0.25) is 5.95 Å². The molecule has 0 bridgehead atoms. The number of hydrogen-bond acceptors (Lipinski definition) is 10. The van der Waals surface area contributed by atoms with Crippen LogP contribution in [0.1, 0.15) is 63.6 Å². The van der Waals surface area contributed by atoms with Crippen LogP contribution in [0.5, 0.6) is 0 Å². The summed E-state index contributed by atoms with van der Waals surface area (Å²) in [7, 11) is 1.68. The molecular weight excluding hydrogens is 536 g/mol. The summed E-state index contributed by atoms with van der Waals surface area (Å²) in [5.74, 6) is 7.95. The van der Waals surface area contributed by atoms with E-state index in [4.69, 9.17) is 15.2 Å². The highest BCUT2D eigenvalue weighted by Crippen LogP contribution is 2.33. The van der Waals surface area contributed by atoms with E-state index in [9.17, 15) is 9.59 Å². The number of fused-ring (bicyclic) bond motifs is 1. The molecule has 1 atom stereocenters. The molecule has 1 saturated carbocycles. The average molecular weight is 579 g/mol. The van der Waals surface area contributed by atoms with Crippen molar-refractivity contribution in [3.05, 3.63) is 26.7 Å². The number of piperidine rings is 1. The van der Waals surface area contributed by atoms with E-state index >= 15 is 0 Å². The first-order chi connectivity index (χ1) is 20.4. The van der Waals surface area contributed by atoms with E-state index in [1.807, 2.05) is 4.57 Å². The molecule has 0 unspecified atom stereocenters. The van der Waals surface area contributed by atoms with Crippen molar-refractivity contribution in [3.63, 3.8) is 0 Å². The summed E-state index contributed by atoms with van der Waals surface area (Å²) < 4.78 is 10.3. The van der Waals surface area contributed by atoms with Gasteiger partial charge >= 0.3 is 11.7 Å². The second-order valence-electron chi connectivity index (χ2n) is 11.8. The van der Waals surface area contributed by atoms with Crippen molar-refractivity contribution in [2.45, 2.75) is 76.9 Å². The van der Waals surface area contributed by atoms with Crippen LogP contribution in [0.3, 0.4) is 0 Å². The molecule has 3 fully saturated rings. The van der Waals surface area contributed by atoms with E-state index in [1.54, 1.807) is 14.0 Å². The Balaban J connectivity index is 1.13. The SMILES string of the molecule is CC#CCn1c(N2CCC[C@@H](N)C2)nc2c1c(=O)n(CCCN1CCN(c3nc(C4CCCC4)no3)CC1)c(=O)n2C. The highest BCUT2D eigenvalue weighted by atomic mass is 16.5. The number of hydrogen-bond donors (Lipinski definition) is 1. The second-order valence-corrected chi connectivity index (χ2v) is 11.8. The molecule has 2 saturated heterocycles. The molecule has 3 aromatic rings. The highest BCUT2D eigenvalue weighted by Gasteiger charge is 2.28. The summed E-state index contributed by atoms with van der Waals surface area (Å²) in [4.78, 5) is 43.2. The molecule has 3 aliphatic rings. The van der Waals surface area contributed by atoms with Gasteiger partial charge in [-0.25, -0.2) is 4.79 Å². The van der Waals surface area contributed by atoms with Crippen molar-refractivity contribution in [2.75, 3.05) is 55.6 Å². The van der Waals surface area contributed by atoms with Gasteiger partial charge in [-0.3, -0.25) is 23.4 Å². The quantitative estimate of drug-likeness (QED) is 0.387. The number of anilines is 2. The second kappa shape index (κ2) is 12.3. The zero-order chi connectivity index (χ0) is 29.2. The standard InChI is InChI=1S/C29H42N10O3/c1-3-4-14-38-23-25(32-27(38)37-13-7-11-22(30)20-37)34(2)29(41)39(26(23)40)15-8-12-35-16-18-36(19-17-35)28-31-24(33-42-28)21-9-5-6-10-21/h21-22H,5-20,30H2,1-2H3/t22-/m1/s1. The molecule has 1 aliphatic carbocycles. The minimum absolute atomic E-state index is 0.0491. The smallest absolute Gasteiger partial charge is 0.332 e. The Morgan fingerprint density at radius 2 is 1.74 bits per heavy atom. The van der Waals surface area contributed by atoms with Crippen LogP contribution in [-0.2, 0) is 20.1 Å². The number of imidazole rings is 1. The van der Waals surface area contributed by atoms with E-state index < -0.39 is 0 Å². The minimum atomic E-state index is -0.347. The molecule has 42 heavy (non-hydrogen) atoms. The lowest BCUT2D eigenvalue weighted by molar-refractivity contribution is 0.242. The third-order valence-electron chi connectivity index (χ3n) is 9.02. The van der Waals surface area contributed by atoms with Gasteiger partial charge in [0.05, 0.1) is 6.54 Å². The van der Waals surface area contributed by atoms with Crippen molar-refractivity contribution >= 4 is 23.1 Å². The monoisotopic (exact) mass is 578 g/mol. The molecular formula is C29H42N10O3. The summed E-state index contributed by atoms with van der Waals surface area (Å²) in [6.07, 6.45) is 7.38. The van der Waals surface area contributed by atoms with Gasteiger partial charge in [-0.05, 0) is 45.6 Å². The Morgan fingerprint density at radius 1 is 0.952 bits per heavy atom. The van der Waals surface area contributed by atoms with Crippen LogP contribution in [-0.4, -0.2) is 85.6 Å². The van der Waals surface area contributed by atoms with Gasteiger partial charge in [0, 0.05) is 64.8 Å². The largest absolute Gasteiger partial charge is 0.341 e. The lowest BCUT2D eigenvalue weighted by Crippen LogP contribution is -2.47. The van der Waals surface area contributed by atoms with Crippen LogP contribution >= 0.6 is 0 Å². The first-order valence-corrected chi connectivity index (χ1v) is 15.4. The first-order valence-electron chi connectivity index (χ1n) is 15.4. The summed E-state index contributed by atoms with van der Waals surface area (Å²) in [5, 5.41) is 4.25. The van der Waals surface area contributed by atoms with Crippen molar-refractivity contribution in [2.24, 2.45) is 12.8 Å². The normalized spacial score (nSPS) is 20.4. The van der Waals surface area contributed by atoms with Crippen molar-refractivity contribution < 1.29 is 4.52 Å². The van der Waals surface area contributed by atoms with Gasteiger partial charge in [-0.1, -0.05) is 23.9 Å². The van der Waals surface area contributed by atoms with Crippen LogP contribution in [0.15, 0.2) is 14.1 Å². The molecule has 5 heterocycles. The molecule has 6 rings (SSSR count). The number of aromatic nitrogens is 6. The Hall–Kier alpha value is -3.63. The number of nitrogens with zero attached hydrogens (tertiary/aromatic N) is 9. The summed E-state index contributed by atoms with van der Waals surface area (Å²) in [6, 6.07) is 0.670. The van der Waals surface area contributed by atoms with Gasteiger partial charge in [0.25, 0.3) is 5.56 Å². The zero-order valence-electron chi connectivity index (χ0n) is 24.8. The fraction of sp³-hybridized carbons (Fsp3) is 0.690. The Labute approximate surface area is 245 Å². The Kier molecular flexibility index (Phi) is 8.35. The summed E-state index contributed by atoms with van der Waals surface area (Å²) >= 11 is 0.